The lowest BCUT2D eigenvalue weighted by molar-refractivity contribution is 0.439. The van der Waals surface area contributed by atoms with Gasteiger partial charge >= 0.3 is 0 Å². The number of aryl methyl sites for hydroxylation is 1. The third kappa shape index (κ3) is 3.16. The Hall–Kier alpha value is -1.24. The van der Waals surface area contributed by atoms with Gasteiger partial charge in [0.05, 0.1) is 12.6 Å². The topological polar surface area (TPSA) is 39.1 Å². The summed E-state index contributed by atoms with van der Waals surface area (Å²) in [4.78, 5) is 2.34. The van der Waals surface area contributed by atoms with Gasteiger partial charge in [0.15, 0.2) is 0 Å². The molecule has 0 radical (unpaired) electrons. The third-order valence-electron chi connectivity index (χ3n) is 3.41. The maximum absolute atomic E-state index is 8.60. The van der Waals surface area contributed by atoms with E-state index in [1.54, 1.807) is 0 Å². The van der Waals surface area contributed by atoms with E-state index in [-0.39, 0.29) is 0 Å². The Kier molecular flexibility index (Phi) is 4.46. The van der Waals surface area contributed by atoms with E-state index in [9.17, 15) is 0 Å². The Balaban J connectivity index is 2.04. The summed E-state index contributed by atoms with van der Waals surface area (Å²) in [5.74, 6) is 0. The second-order valence-corrected chi connectivity index (χ2v) is 5.16. The molecule has 96 valence electrons. The smallest absolute Gasteiger partial charge is 0.0843 e. The number of nitrogens with one attached hydrogen (secondary N) is 1. The summed E-state index contributed by atoms with van der Waals surface area (Å²) in [5, 5.41) is 12.7. The molecule has 1 atom stereocenters. The number of halogens is 1. The molecule has 1 aromatic rings. The molecule has 0 spiro atoms. The fraction of sp³-hybridized carbons (Fsp3) is 0.500. The summed E-state index contributed by atoms with van der Waals surface area (Å²) in [7, 11) is 0. The summed E-state index contributed by atoms with van der Waals surface area (Å²) < 4.78 is 0. The van der Waals surface area contributed by atoms with Gasteiger partial charge in [0.2, 0.25) is 0 Å². The molecule has 1 heterocycles. The molecule has 1 aromatic carbocycles. The van der Waals surface area contributed by atoms with Crippen LogP contribution in [0.25, 0.3) is 0 Å². The Labute approximate surface area is 113 Å². The van der Waals surface area contributed by atoms with Crippen LogP contribution in [0, 0.1) is 18.3 Å². The van der Waals surface area contributed by atoms with Gasteiger partial charge in [-0.1, -0.05) is 17.7 Å². The molecule has 0 amide bonds. The van der Waals surface area contributed by atoms with Gasteiger partial charge in [0.1, 0.15) is 0 Å². The van der Waals surface area contributed by atoms with E-state index in [4.69, 9.17) is 16.9 Å². The van der Waals surface area contributed by atoms with Crippen molar-refractivity contribution < 1.29 is 0 Å². The molecule has 0 bridgehead atoms. The minimum absolute atomic E-state index is 0.401. The number of benzene rings is 1. The summed E-state index contributed by atoms with van der Waals surface area (Å²) in [6.45, 7) is 4.44. The monoisotopic (exact) mass is 263 g/mol. The standard InChI is InChI=1S/C14H18ClN3/c1-11-4-5-13(9-14(11)15)18-8-2-3-12(10-18)17-7-6-16/h4-5,9,12,17H,2-3,7-8,10H2,1H3. The van der Waals surface area contributed by atoms with E-state index in [1.807, 2.05) is 13.0 Å². The highest BCUT2D eigenvalue weighted by molar-refractivity contribution is 6.31. The number of piperidine rings is 1. The summed E-state index contributed by atoms with van der Waals surface area (Å²) in [5.41, 5.74) is 2.28. The lowest BCUT2D eigenvalue weighted by atomic mass is 10.0. The van der Waals surface area contributed by atoms with E-state index in [2.05, 4.69) is 28.4 Å². The number of nitriles is 1. The average molecular weight is 264 g/mol. The first-order valence-electron chi connectivity index (χ1n) is 6.32. The number of hydrogen-bond acceptors (Lipinski definition) is 3. The maximum atomic E-state index is 8.60. The summed E-state index contributed by atoms with van der Waals surface area (Å²) >= 11 is 6.17. The second kappa shape index (κ2) is 6.08. The molecule has 1 saturated heterocycles. The summed E-state index contributed by atoms with van der Waals surface area (Å²) in [6, 6.07) is 8.75. The highest BCUT2D eigenvalue weighted by Crippen LogP contribution is 2.25. The number of hydrogen-bond donors (Lipinski definition) is 1. The minimum Gasteiger partial charge on any atom is -0.370 e. The Morgan fingerprint density at radius 2 is 2.39 bits per heavy atom. The van der Waals surface area contributed by atoms with Crippen molar-refractivity contribution in [1.29, 1.82) is 5.26 Å². The van der Waals surface area contributed by atoms with Crippen molar-refractivity contribution in [3.8, 4) is 6.07 Å². The van der Waals surface area contributed by atoms with Gasteiger partial charge in [0, 0.05) is 29.8 Å². The second-order valence-electron chi connectivity index (χ2n) is 4.76. The molecule has 0 saturated carbocycles. The van der Waals surface area contributed by atoms with Crippen molar-refractivity contribution in [2.24, 2.45) is 0 Å². The first kappa shape index (κ1) is 13.2. The van der Waals surface area contributed by atoms with Crippen LogP contribution in [0.1, 0.15) is 18.4 Å². The third-order valence-corrected chi connectivity index (χ3v) is 3.82. The van der Waals surface area contributed by atoms with Crippen LogP contribution in [0.4, 0.5) is 5.69 Å². The minimum atomic E-state index is 0.401. The predicted octanol–water partition coefficient (Wildman–Crippen LogP) is 2.73. The highest BCUT2D eigenvalue weighted by atomic mass is 35.5. The molecule has 4 heteroatoms. The van der Waals surface area contributed by atoms with Crippen molar-refractivity contribution in [3.05, 3.63) is 28.8 Å². The number of rotatable bonds is 3. The van der Waals surface area contributed by atoms with Crippen molar-refractivity contribution in [1.82, 2.24) is 5.32 Å². The van der Waals surface area contributed by atoms with E-state index in [0.29, 0.717) is 12.6 Å². The van der Waals surface area contributed by atoms with Crippen LogP contribution in [0.5, 0.6) is 0 Å². The van der Waals surface area contributed by atoms with Gasteiger partial charge in [-0.3, -0.25) is 5.32 Å². The van der Waals surface area contributed by atoms with Crippen LogP contribution < -0.4 is 10.2 Å². The van der Waals surface area contributed by atoms with Crippen molar-refractivity contribution in [2.45, 2.75) is 25.8 Å². The van der Waals surface area contributed by atoms with Crippen molar-refractivity contribution >= 4 is 17.3 Å². The Morgan fingerprint density at radius 1 is 1.56 bits per heavy atom. The van der Waals surface area contributed by atoms with E-state index in [1.165, 1.54) is 5.69 Å². The lowest BCUT2D eigenvalue weighted by Crippen LogP contribution is -2.45. The van der Waals surface area contributed by atoms with Gasteiger partial charge in [-0.2, -0.15) is 5.26 Å². The predicted molar refractivity (Wildman–Crippen MR) is 75.0 cm³/mol. The molecule has 0 aromatic heterocycles. The van der Waals surface area contributed by atoms with E-state index >= 15 is 0 Å². The normalized spacial score (nSPS) is 19.6. The Morgan fingerprint density at radius 3 is 3.11 bits per heavy atom. The van der Waals surface area contributed by atoms with Crippen LogP contribution in [0.3, 0.4) is 0 Å². The molecule has 0 aliphatic carbocycles. The molecule has 18 heavy (non-hydrogen) atoms. The average Bonchev–Trinajstić information content (AvgIpc) is 2.40. The van der Waals surface area contributed by atoms with E-state index < -0.39 is 0 Å². The molecule has 1 N–H and O–H groups in total. The fourth-order valence-corrected chi connectivity index (χ4v) is 2.52. The zero-order valence-electron chi connectivity index (χ0n) is 10.6. The van der Waals surface area contributed by atoms with Crippen LogP contribution >= 0.6 is 11.6 Å². The van der Waals surface area contributed by atoms with Crippen LogP contribution in [0.15, 0.2) is 18.2 Å². The molecule has 3 nitrogen and oxygen atoms in total. The molecule has 1 fully saturated rings. The molecule has 1 aliphatic rings. The van der Waals surface area contributed by atoms with Crippen LogP contribution in [-0.4, -0.2) is 25.7 Å². The molecular weight excluding hydrogens is 246 g/mol. The van der Waals surface area contributed by atoms with Crippen molar-refractivity contribution in [2.75, 3.05) is 24.5 Å². The molecule has 1 unspecified atom stereocenters. The molecule has 1 aliphatic heterocycles. The largest absolute Gasteiger partial charge is 0.370 e. The van der Waals surface area contributed by atoms with Gasteiger partial charge in [-0.15, -0.1) is 0 Å². The van der Waals surface area contributed by atoms with Crippen molar-refractivity contribution in [3.63, 3.8) is 0 Å². The highest BCUT2D eigenvalue weighted by Gasteiger charge is 2.19. The van der Waals surface area contributed by atoms with Gasteiger partial charge in [-0.05, 0) is 37.5 Å². The maximum Gasteiger partial charge on any atom is 0.0843 e. The molecular formula is C14H18ClN3. The molecule has 2 rings (SSSR count). The Bertz CT molecular complexity index is 453. The number of nitrogens with zero attached hydrogens (tertiary/aromatic N) is 2. The first-order valence-corrected chi connectivity index (χ1v) is 6.70. The van der Waals surface area contributed by atoms with Crippen LogP contribution in [0.2, 0.25) is 5.02 Å². The zero-order valence-corrected chi connectivity index (χ0v) is 11.4. The van der Waals surface area contributed by atoms with Gasteiger partial charge in [-0.25, -0.2) is 0 Å². The lowest BCUT2D eigenvalue weighted by Gasteiger charge is -2.34. The van der Waals surface area contributed by atoms with Gasteiger partial charge in [0.25, 0.3) is 0 Å². The van der Waals surface area contributed by atoms with E-state index in [0.717, 1.165) is 36.5 Å². The SMILES string of the molecule is Cc1ccc(N2CCCC(NCC#N)C2)cc1Cl. The van der Waals surface area contributed by atoms with Crippen LogP contribution in [-0.2, 0) is 0 Å². The zero-order chi connectivity index (χ0) is 13.0. The quantitative estimate of drug-likeness (QED) is 0.853. The number of anilines is 1. The fourth-order valence-electron chi connectivity index (χ4n) is 2.35. The van der Waals surface area contributed by atoms with Gasteiger partial charge < -0.3 is 4.90 Å². The summed E-state index contributed by atoms with van der Waals surface area (Å²) in [6.07, 6.45) is 2.28. The first-order chi connectivity index (χ1) is 8.70.